The largest absolute Gasteiger partial charge is 0.333 e. The molecule has 25 heavy (non-hydrogen) atoms. The Morgan fingerprint density at radius 2 is 1.64 bits per heavy atom. The van der Waals surface area contributed by atoms with Crippen LogP contribution >= 0.6 is 0 Å². The van der Waals surface area contributed by atoms with Crippen LogP contribution in [0.3, 0.4) is 0 Å². The SMILES string of the molecule is NCc1cccc(CCC#CN2CCC(Cc3ccccc3)CC2)c1. The molecule has 1 saturated heterocycles. The molecule has 0 atom stereocenters. The summed E-state index contributed by atoms with van der Waals surface area (Å²) in [6.07, 6.45) is 5.63. The number of likely N-dealkylation sites (tertiary alicyclic amines) is 1. The van der Waals surface area contributed by atoms with Crippen LogP contribution in [0.4, 0.5) is 0 Å². The molecule has 1 aliphatic rings. The van der Waals surface area contributed by atoms with Gasteiger partial charge in [-0.15, -0.1) is 0 Å². The van der Waals surface area contributed by atoms with Crippen LogP contribution in [0, 0.1) is 17.9 Å². The van der Waals surface area contributed by atoms with E-state index >= 15 is 0 Å². The number of rotatable bonds is 5. The quantitative estimate of drug-likeness (QED) is 0.839. The Morgan fingerprint density at radius 3 is 2.40 bits per heavy atom. The third-order valence-electron chi connectivity index (χ3n) is 4.98. The number of hydrogen-bond acceptors (Lipinski definition) is 2. The van der Waals surface area contributed by atoms with Gasteiger partial charge in [0.25, 0.3) is 0 Å². The molecule has 2 heteroatoms. The van der Waals surface area contributed by atoms with Gasteiger partial charge in [0.2, 0.25) is 0 Å². The van der Waals surface area contributed by atoms with E-state index in [1.807, 2.05) is 0 Å². The highest BCUT2D eigenvalue weighted by Gasteiger charge is 2.17. The lowest BCUT2D eigenvalue weighted by Gasteiger charge is -2.29. The highest BCUT2D eigenvalue weighted by atomic mass is 15.1. The second-order valence-corrected chi connectivity index (χ2v) is 6.93. The van der Waals surface area contributed by atoms with Gasteiger partial charge in [0.1, 0.15) is 0 Å². The Labute approximate surface area is 152 Å². The van der Waals surface area contributed by atoms with Gasteiger partial charge in [0.05, 0.1) is 0 Å². The summed E-state index contributed by atoms with van der Waals surface area (Å²) in [5.41, 5.74) is 9.69. The van der Waals surface area contributed by atoms with Crippen LogP contribution in [-0.4, -0.2) is 18.0 Å². The third-order valence-corrected chi connectivity index (χ3v) is 4.98. The fraction of sp³-hybridized carbons (Fsp3) is 0.391. The number of hydrogen-bond donors (Lipinski definition) is 1. The van der Waals surface area contributed by atoms with Crippen LogP contribution in [0.25, 0.3) is 0 Å². The van der Waals surface area contributed by atoms with Crippen molar-refractivity contribution in [3.63, 3.8) is 0 Å². The van der Waals surface area contributed by atoms with Crippen molar-refractivity contribution in [3.8, 4) is 12.0 Å². The van der Waals surface area contributed by atoms with Crippen molar-refractivity contribution in [1.29, 1.82) is 0 Å². The molecule has 2 aromatic carbocycles. The lowest BCUT2D eigenvalue weighted by Crippen LogP contribution is -2.30. The molecule has 0 amide bonds. The van der Waals surface area contributed by atoms with Gasteiger partial charge >= 0.3 is 0 Å². The standard InChI is InChI=1S/C23H28N2/c24-19-23-11-6-10-21(18-23)9-4-5-14-25-15-12-22(13-16-25)17-20-7-2-1-3-8-20/h1-3,6-8,10-11,18,22H,4,9,12-13,15-17,19,24H2. The first-order valence-electron chi connectivity index (χ1n) is 9.39. The molecule has 0 aliphatic carbocycles. The van der Waals surface area contributed by atoms with Crippen molar-refractivity contribution >= 4 is 0 Å². The van der Waals surface area contributed by atoms with E-state index in [0.717, 1.165) is 31.8 Å². The predicted molar refractivity (Wildman–Crippen MR) is 105 cm³/mol. The summed E-state index contributed by atoms with van der Waals surface area (Å²) in [4.78, 5) is 2.30. The van der Waals surface area contributed by atoms with Gasteiger partial charge in [-0.3, -0.25) is 0 Å². The van der Waals surface area contributed by atoms with Crippen molar-refractivity contribution in [1.82, 2.24) is 4.90 Å². The molecule has 2 N–H and O–H groups in total. The van der Waals surface area contributed by atoms with Crippen LogP contribution in [-0.2, 0) is 19.4 Å². The fourth-order valence-corrected chi connectivity index (χ4v) is 3.48. The molecule has 0 spiro atoms. The van der Waals surface area contributed by atoms with Crippen molar-refractivity contribution in [2.75, 3.05) is 13.1 Å². The molecule has 2 aromatic rings. The Balaban J connectivity index is 1.40. The van der Waals surface area contributed by atoms with E-state index in [-0.39, 0.29) is 0 Å². The topological polar surface area (TPSA) is 29.3 Å². The fourth-order valence-electron chi connectivity index (χ4n) is 3.48. The van der Waals surface area contributed by atoms with Gasteiger partial charge in [0, 0.05) is 32.1 Å². The number of piperidine rings is 1. The minimum Gasteiger partial charge on any atom is -0.333 e. The summed E-state index contributed by atoms with van der Waals surface area (Å²) in [5.74, 6) is 4.16. The average Bonchev–Trinajstić information content (AvgIpc) is 2.67. The monoisotopic (exact) mass is 332 g/mol. The van der Waals surface area contributed by atoms with Crippen LogP contribution < -0.4 is 5.73 Å². The van der Waals surface area contributed by atoms with E-state index in [1.54, 1.807) is 0 Å². The highest BCUT2D eigenvalue weighted by Crippen LogP contribution is 2.21. The van der Waals surface area contributed by atoms with E-state index in [2.05, 4.69) is 71.5 Å². The van der Waals surface area contributed by atoms with Crippen molar-refractivity contribution in [2.24, 2.45) is 11.7 Å². The van der Waals surface area contributed by atoms with E-state index < -0.39 is 0 Å². The Hall–Kier alpha value is -2.24. The van der Waals surface area contributed by atoms with Gasteiger partial charge in [-0.25, -0.2) is 0 Å². The predicted octanol–water partition coefficient (Wildman–Crippen LogP) is 3.99. The molecule has 0 radical (unpaired) electrons. The Morgan fingerprint density at radius 1 is 0.920 bits per heavy atom. The zero-order valence-electron chi connectivity index (χ0n) is 15.0. The second-order valence-electron chi connectivity index (χ2n) is 6.93. The summed E-state index contributed by atoms with van der Waals surface area (Å²) in [5, 5.41) is 0. The molecule has 1 fully saturated rings. The molecule has 1 aliphatic heterocycles. The van der Waals surface area contributed by atoms with Gasteiger partial charge in [0.15, 0.2) is 0 Å². The maximum atomic E-state index is 5.70. The normalized spacial score (nSPS) is 14.8. The first kappa shape index (κ1) is 17.6. The molecular weight excluding hydrogens is 304 g/mol. The summed E-state index contributed by atoms with van der Waals surface area (Å²) in [6.45, 7) is 2.82. The van der Waals surface area contributed by atoms with Gasteiger partial charge < -0.3 is 10.6 Å². The lowest BCUT2D eigenvalue weighted by atomic mass is 9.90. The zero-order chi connectivity index (χ0) is 17.3. The number of aryl methyl sites for hydroxylation is 1. The molecule has 1 heterocycles. The highest BCUT2D eigenvalue weighted by molar-refractivity contribution is 5.24. The molecule has 0 unspecified atom stereocenters. The van der Waals surface area contributed by atoms with Crippen LogP contribution in [0.2, 0.25) is 0 Å². The van der Waals surface area contributed by atoms with E-state index in [1.165, 1.54) is 36.0 Å². The third kappa shape index (κ3) is 5.66. The minimum absolute atomic E-state index is 0.609. The van der Waals surface area contributed by atoms with Crippen LogP contribution in [0.5, 0.6) is 0 Å². The first-order valence-corrected chi connectivity index (χ1v) is 9.39. The summed E-state index contributed by atoms with van der Waals surface area (Å²) >= 11 is 0. The molecule has 130 valence electrons. The van der Waals surface area contributed by atoms with Crippen molar-refractivity contribution < 1.29 is 0 Å². The van der Waals surface area contributed by atoms with E-state index in [4.69, 9.17) is 5.73 Å². The van der Waals surface area contributed by atoms with Gasteiger partial charge in [-0.2, -0.15) is 0 Å². The van der Waals surface area contributed by atoms with Crippen molar-refractivity contribution in [3.05, 3.63) is 71.3 Å². The summed E-state index contributed by atoms with van der Waals surface area (Å²) < 4.78 is 0. The average molecular weight is 332 g/mol. The van der Waals surface area contributed by atoms with E-state index in [0.29, 0.717) is 6.54 Å². The summed E-state index contributed by atoms with van der Waals surface area (Å²) in [7, 11) is 0. The molecule has 0 aromatic heterocycles. The number of nitrogens with zero attached hydrogens (tertiary/aromatic N) is 1. The Kier molecular flexibility index (Phi) is 6.54. The first-order chi connectivity index (χ1) is 12.3. The molecule has 2 nitrogen and oxygen atoms in total. The molecule has 0 saturated carbocycles. The van der Waals surface area contributed by atoms with Gasteiger partial charge in [-0.05, 0) is 48.3 Å². The smallest absolute Gasteiger partial charge is 0.0263 e. The maximum absolute atomic E-state index is 5.70. The molecule has 0 bridgehead atoms. The van der Waals surface area contributed by atoms with E-state index in [9.17, 15) is 0 Å². The minimum atomic E-state index is 0.609. The Bertz CT molecular complexity index is 704. The zero-order valence-corrected chi connectivity index (χ0v) is 15.0. The maximum Gasteiger partial charge on any atom is 0.0263 e. The lowest BCUT2D eigenvalue weighted by molar-refractivity contribution is 0.254. The van der Waals surface area contributed by atoms with Crippen LogP contribution in [0.15, 0.2) is 54.6 Å². The van der Waals surface area contributed by atoms with Crippen LogP contribution in [0.1, 0.15) is 36.0 Å². The second kappa shape index (κ2) is 9.30. The molecule has 3 rings (SSSR count). The van der Waals surface area contributed by atoms with Crippen molar-refractivity contribution in [2.45, 2.75) is 38.6 Å². The summed E-state index contributed by atoms with van der Waals surface area (Å²) in [6, 6.07) is 22.7. The molecular formula is C23H28N2. The number of nitrogens with two attached hydrogens (primary N) is 1. The number of benzene rings is 2. The van der Waals surface area contributed by atoms with Gasteiger partial charge in [-0.1, -0.05) is 60.5 Å².